The summed E-state index contributed by atoms with van der Waals surface area (Å²) < 4.78 is 2.02. The van der Waals surface area contributed by atoms with Gasteiger partial charge in [-0.05, 0) is 49.8 Å². The number of anilines is 1. The molecule has 7 nitrogen and oxygen atoms in total. The van der Waals surface area contributed by atoms with Gasteiger partial charge in [-0.3, -0.25) is 14.0 Å². The lowest BCUT2D eigenvalue weighted by molar-refractivity contribution is -0.113. The summed E-state index contributed by atoms with van der Waals surface area (Å²) in [4.78, 5) is 31.6. The average Bonchev–Trinajstić information content (AvgIpc) is 3.37. The minimum atomic E-state index is -0.161. The van der Waals surface area contributed by atoms with Gasteiger partial charge in [0.15, 0.2) is 16.6 Å². The van der Waals surface area contributed by atoms with Crippen LogP contribution in [0.25, 0.3) is 15.9 Å². The Balaban J connectivity index is 1.42. The highest BCUT2D eigenvalue weighted by Crippen LogP contribution is 2.39. The smallest absolute Gasteiger partial charge is 0.234 e. The summed E-state index contributed by atoms with van der Waals surface area (Å²) in [6, 6.07) is 6.96. The van der Waals surface area contributed by atoms with E-state index in [1.54, 1.807) is 35.6 Å². The number of aromatic nitrogens is 4. The number of nitrogens with zero attached hydrogens (tertiary/aromatic N) is 4. The fourth-order valence-electron chi connectivity index (χ4n) is 4.35. The first-order chi connectivity index (χ1) is 15.9. The Hall–Kier alpha value is -2.78. The third-order valence-electron chi connectivity index (χ3n) is 6.04. The van der Waals surface area contributed by atoms with Crippen molar-refractivity contribution in [1.82, 2.24) is 19.6 Å². The van der Waals surface area contributed by atoms with Gasteiger partial charge >= 0.3 is 0 Å². The molecule has 170 valence electrons. The summed E-state index contributed by atoms with van der Waals surface area (Å²) >= 11 is 3.14. The summed E-state index contributed by atoms with van der Waals surface area (Å²) in [5.74, 6) is 1.60. The van der Waals surface area contributed by atoms with Crippen molar-refractivity contribution >= 4 is 56.3 Å². The van der Waals surface area contributed by atoms with Crippen LogP contribution >= 0.6 is 23.1 Å². The summed E-state index contributed by atoms with van der Waals surface area (Å²) in [5.41, 5.74) is 3.40. The number of aryl methyl sites for hydroxylation is 2. The van der Waals surface area contributed by atoms with E-state index in [0.29, 0.717) is 22.3 Å². The predicted molar refractivity (Wildman–Crippen MR) is 133 cm³/mol. The van der Waals surface area contributed by atoms with E-state index >= 15 is 0 Å². The van der Waals surface area contributed by atoms with Crippen LogP contribution in [0.15, 0.2) is 29.4 Å². The summed E-state index contributed by atoms with van der Waals surface area (Å²) in [6.45, 7) is 5.89. The van der Waals surface area contributed by atoms with Gasteiger partial charge in [-0.15, -0.1) is 21.5 Å². The molecule has 0 saturated carbocycles. The first kappa shape index (κ1) is 22.0. The van der Waals surface area contributed by atoms with Crippen LogP contribution in [0.3, 0.4) is 0 Å². The summed E-state index contributed by atoms with van der Waals surface area (Å²) in [7, 11) is 0. The van der Waals surface area contributed by atoms with Crippen LogP contribution in [-0.2, 0) is 24.1 Å². The van der Waals surface area contributed by atoms with E-state index in [-0.39, 0.29) is 17.4 Å². The largest absolute Gasteiger partial charge is 0.325 e. The molecule has 0 spiro atoms. The second-order valence-corrected chi connectivity index (χ2v) is 10.6. The van der Waals surface area contributed by atoms with Crippen LogP contribution in [0.5, 0.6) is 0 Å². The van der Waals surface area contributed by atoms with Crippen LogP contribution < -0.4 is 5.32 Å². The average molecular weight is 480 g/mol. The zero-order chi connectivity index (χ0) is 23.1. The van der Waals surface area contributed by atoms with Gasteiger partial charge in [0, 0.05) is 22.5 Å². The molecule has 0 bridgehead atoms. The Morgan fingerprint density at radius 1 is 1.30 bits per heavy atom. The van der Waals surface area contributed by atoms with E-state index in [0.717, 1.165) is 41.0 Å². The molecule has 1 atom stereocenters. The van der Waals surface area contributed by atoms with E-state index in [2.05, 4.69) is 29.4 Å². The number of amides is 1. The molecule has 9 heteroatoms. The molecule has 3 heterocycles. The van der Waals surface area contributed by atoms with Crippen molar-refractivity contribution in [2.45, 2.75) is 51.6 Å². The van der Waals surface area contributed by atoms with E-state index in [4.69, 9.17) is 4.98 Å². The number of thioether (sulfide) groups is 1. The molecule has 1 aromatic carbocycles. The number of fused-ring (bicyclic) bond motifs is 5. The number of carbonyl (C=O) groups excluding carboxylic acids is 2. The minimum absolute atomic E-state index is 0.0358. The maximum Gasteiger partial charge on any atom is 0.234 e. The van der Waals surface area contributed by atoms with Crippen LogP contribution in [0, 0.1) is 5.92 Å². The van der Waals surface area contributed by atoms with Gasteiger partial charge in [-0.1, -0.05) is 37.7 Å². The number of carbonyl (C=O) groups is 2. The van der Waals surface area contributed by atoms with Crippen molar-refractivity contribution in [3.05, 3.63) is 46.1 Å². The topological polar surface area (TPSA) is 89.2 Å². The molecule has 0 radical (unpaired) electrons. The van der Waals surface area contributed by atoms with E-state index in [1.165, 1.54) is 35.5 Å². The fourth-order valence-corrected chi connectivity index (χ4v) is 6.50. The molecule has 5 rings (SSSR count). The molecule has 1 aliphatic rings. The Kier molecular flexibility index (Phi) is 5.92. The molecular formula is C24H25N5O2S2. The van der Waals surface area contributed by atoms with Gasteiger partial charge in [0.25, 0.3) is 0 Å². The lowest BCUT2D eigenvalue weighted by Crippen LogP contribution is -2.15. The quantitative estimate of drug-likeness (QED) is 0.311. The maximum atomic E-state index is 12.6. The molecule has 0 saturated heterocycles. The molecular weight excluding hydrogens is 454 g/mol. The fraction of sp³-hybridized carbons (Fsp3) is 0.375. The van der Waals surface area contributed by atoms with E-state index in [9.17, 15) is 9.59 Å². The van der Waals surface area contributed by atoms with Gasteiger partial charge in [0.1, 0.15) is 10.7 Å². The van der Waals surface area contributed by atoms with Crippen molar-refractivity contribution in [2.75, 3.05) is 11.1 Å². The van der Waals surface area contributed by atoms with Gasteiger partial charge < -0.3 is 5.32 Å². The van der Waals surface area contributed by atoms with Crippen LogP contribution in [-0.4, -0.2) is 37.0 Å². The maximum absolute atomic E-state index is 12.6. The highest BCUT2D eigenvalue weighted by molar-refractivity contribution is 7.99. The number of Topliss-reactive ketones (excluding diaryl/α,β-unsaturated/α-hetero) is 1. The second-order valence-electron chi connectivity index (χ2n) is 8.53. The Bertz CT molecular complexity index is 1390. The third-order valence-corrected chi connectivity index (χ3v) is 8.12. The van der Waals surface area contributed by atoms with Crippen molar-refractivity contribution in [3.63, 3.8) is 0 Å². The Labute approximate surface area is 200 Å². The number of benzene rings is 1. The van der Waals surface area contributed by atoms with Crippen molar-refractivity contribution in [3.8, 4) is 0 Å². The van der Waals surface area contributed by atoms with Gasteiger partial charge in [-0.25, -0.2) is 4.98 Å². The van der Waals surface area contributed by atoms with Crippen molar-refractivity contribution < 1.29 is 9.59 Å². The normalized spacial score (nSPS) is 15.7. The highest BCUT2D eigenvalue weighted by Gasteiger charge is 2.25. The number of rotatable bonds is 6. The minimum Gasteiger partial charge on any atom is -0.325 e. The number of ketones is 1. The number of hydrogen-bond acceptors (Lipinski definition) is 7. The number of thiophene rings is 1. The summed E-state index contributed by atoms with van der Waals surface area (Å²) in [5, 5.41) is 13.6. The predicted octanol–water partition coefficient (Wildman–Crippen LogP) is 4.96. The molecule has 0 aliphatic heterocycles. The molecule has 0 unspecified atom stereocenters. The van der Waals surface area contributed by atoms with Gasteiger partial charge in [0.2, 0.25) is 5.91 Å². The lowest BCUT2D eigenvalue weighted by Gasteiger charge is -2.17. The molecule has 1 aliphatic carbocycles. The highest BCUT2D eigenvalue weighted by atomic mass is 32.2. The van der Waals surface area contributed by atoms with Crippen LogP contribution in [0.4, 0.5) is 5.69 Å². The zero-order valence-electron chi connectivity index (χ0n) is 18.8. The van der Waals surface area contributed by atoms with Crippen molar-refractivity contribution in [1.29, 1.82) is 0 Å². The lowest BCUT2D eigenvalue weighted by atomic mass is 9.89. The molecule has 3 aromatic heterocycles. The SMILES string of the molecule is CCc1nc2sc3c(c2c2nnc(SCC(=O)Nc4cccc(C(C)=O)c4)n12)CC[C@H](C)C3. The van der Waals surface area contributed by atoms with Gasteiger partial charge in [-0.2, -0.15) is 0 Å². The molecule has 1 N–H and O–H groups in total. The first-order valence-corrected chi connectivity index (χ1v) is 13.0. The number of hydrogen-bond donors (Lipinski definition) is 1. The van der Waals surface area contributed by atoms with E-state index in [1.807, 2.05) is 4.40 Å². The monoisotopic (exact) mass is 479 g/mol. The second kappa shape index (κ2) is 8.87. The molecule has 4 aromatic rings. The molecule has 33 heavy (non-hydrogen) atoms. The number of nitrogens with one attached hydrogen (secondary N) is 1. The van der Waals surface area contributed by atoms with Crippen molar-refractivity contribution in [2.24, 2.45) is 5.92 Å². The van der Waals surface area contributed by atoms with Crippen LogP contribution in [0.1, 0.15) is 53.8 Å². The van der Waals surface area contributed by atoms with Gasteiger partial charge in [0.05, 0.1) is 11.1 Å². The molecule has 0 fully saturated rings. The Morgan fingerprint density at radius 2 is 2.15 bits per heavy atom. The van der Waals surface area contributed by atoms with E-state index < -0.39 is 0 Å². The molecule has 1 amide bonds. The standard InChI is InChI=1S/C24H25N5O2S2/c1-4-19-26-23-21(17-9-8-13(2)10-18(17)33-23)22-27-28-24(29(19)22)32-12-20(31)25-16-7-5-6-15(11-16)14(3)30/h5-7,11,13H,4,8-10,12H2,1-3H3,(H,25,31)/t13-/m0/s1. The summed E-state index contributed by atoms with van der Waals surface area (Å²) in [6.07, 6.45) is 4.09. The van der Waals surface area contributed by atoms with Crippen LogP contribution in [0.2, 0.25) is 0 Å². The first-order valence-electron chi connectivity index (χ1n) is 11.2. The third kappa shape index (κ3) is 4.15. The Morgan fingerprint density at radius 3 is 2.94 bits per heavy atom. The zero-order valence-corrected chi connectivity index (χ0v) is 20.5.